The fourth-order valence-corrected chi connectivity index (χ4v) is 4.61. The van der Waals surface area contributed by atoms with Crippen LogP contribution in [0.25, 0.3) is 16.7 Å². The fraction of sp³-hybridized carbons (Fsp3) is 0.231. The van der Waals surface area contributed by atoms with Crippen LogP contribution in [-0.4, -0.2) is 65.5 Å². The highest BCUT2D eigenvalue weighted by atomic mass is 16.5. The highest BCUT2D eigenvalue weighted by molar-refractivity contribution is 5.88. The van der Waals surface area contributed by atoms with Gasteiger partial charge in [0.1, 0.15) is 29.7 Å². The second-order valence-corrected chi connectivity index (χ2v) is 9.45. The number of hydrogen-bond donors (Lipinski definition) is 1. The molecule has 1 amide bonds. The van der Waals surface area contributed by atoms with E-state index in [1.54, 1.807) is 10.7 Å². The monoisotopic (exact) mass is 495 g/mol. The molecule has 0 atom stereocenters. The Morgan fingerprint density at radius 2 is 2.03 bits per heavy atom. The maximum Gasteiger partial charge on any atom is 0.246 e. The zero-order valence-corrected chi connectivity index (χ0v) is 20.5. The molecule has 4 aromatic heterocycles. The summed E-state index contributed by atoms with van der Waals surface area (Å²) in [5.41, 5.74) is 2.50. The average molecular weight is 496 g/mol. The number of hydrogen-bond acceptors (Lipinski definition) is 9. The van der Waals surface area contributed by atoms with Crippen molar-refractivity contribution < 1.29 is 9.53 Å². The number of nitrogens with zero attached hydrogens (tertiary/aromatic N) is 8. The molecule has 0 bridgehead atoms. The number of aromatic nitrogens is 6. The first kappa shape index (κ1) is 22.7. The van der Waals surface area contributed by atoms with E-state index in [0.717, 1.165) is 17.0 Å². The Labute approximate surface area is 212 Å². The van der Waals surface area contributed by atoms with Gasteiger partial charge in [0.05, 0.1) is 16.8 Å². The van der Waals surface area contributed by atoms with E-state index in [2.05, 4.69) is 50.7 Å². The van der Waals surface area contributed by atoms with Crippen LogP contribution in [0.2, 0.25) is 0 Å². The van der Waals surface area contributed by atoms with Gasteiger partial charge in [-0.1, -0.05) is 6.58 Å². The Morgan fingerprint density at radius 1 is 1.14 bits per heavy atom. The summed E-state index contributed by atoms with van der Waals surface area (Å²) in [5.74, 6) is 2.66. The lowest BCUT2D eigenvalue weighted by Gasteiger charge is -2.47. The van der Waals surface area contributed by atoms with Crippen molar-refractivity contribution in [2.45, 2.75) is 19.4 Å². The number of ether oxygens (including phenoxy) is 1. The molecule has 0 spiro atoms. The van der Waals surface area contributed by atoms with Crippen LogP contribution in [0.3, 0.4) is 0 Å². The first-order valence-electron chi connectivity index (χ1n) is 11.9. The van der Waals surface area contributed by atoms with E-state index in [0.29, 0.717) is 48.1 Å². The third-order valence-electron chi connectivity index (χ3n) is 6.53. The molecule has 4 aromatic rings. The summed E-state index contributed by atoms with van der Waals surface area (Å²) in [6, 6.07) is 7.55. The van der Waals surface area contributed by atoms with Gasteiger partial charge in [-0.05, 0) is 50.3 Å². The minimum absolute atomic E-state index is 0.0581. The topological polar surface area (TPSA) is 114 Å². The number of piperazine rings is 1. The lowest BCUT2D eigenvalue weighted by molar-refractivity contribution is -0.131. The second-order valence-electron chi connectivity index (χ2n) is 9.45. The Hall–Kier alpha value is -4.80. The highest BCUT2D eigenvalue weighted by Gasteiger charge is 2.36. The quantitative estimate of drug-likeness (QED) is 0.403. The van der Waals surface area contributed by atoms with Crippen molar-refractivity contribution in [1.29, 1.82) is 0 Å². The number of fused-ring (bicyclic) bond motifs is 2. The summed E-state index contributed by atoms with van der Waals surface area (Å²) in [7, 11) is 0. The van der Waals surface area contributed by atoms with E-state index in [1.807, 2.05) is 41.3 Å². The van der Waals surface area contributed by atoms with Crippen LogP contribution in [0.4, 0.5) is 11.6 Å². The van der Waals surface area contributed by atoms with Crippen molar-refractivity contribution in [2.24, 2.45) is 0 Å². The van der Waals surface area contributed by atoms with E-state index in [-0.39, 0.29) is 11.4 Å². The predicted octanol–water partition coefficient (Wildman–Crippen LogP) is 2.95. The smallest absolute Gasteiger partial charge is 0.246 e. The Kier molecular flexibility index (Phi) is 5.32. The molecule has 1 N–H and O–H groups in total. The molecule has 0 aromatic carbocycles. The molecule has 37 heavy (non-hydrogen) atoms. The molecule has 5 heterocycles. The Bertz CT molecular complexity index is 1600. The molecule has 1 fully saturated rings. The molecule has 1 aliphatic carbocycles. The third-order valence-corrected chi connectivity index (χ3v) is 6.53. The van der Waals surface area contributed by atoms with Gasteiger partial charge in [0.15, 0.2) is 17.2 Å². The summed E-state index contributed by atoms with van der Waals surface area (Å²) in [4.78, 5) is 34.3. The standard InChI is InChI=1S/C26H25N9O2/c1-4-23(36)34-12-11-33(14-26(34,2)3)21-8-6-19-24(32-21)25(29-15-27-19)31-18-5-7-20(18)37-17-9-10-35-22(13-17)28-16-30-35/h4-10,13,15-16H,1,11-12,14H2,2-3H3,(H,27,29,31). The highest BCUT2D eigenvalue weighted by Crippen LogP contribution is 2.30. The van der Waals surface area contributed by atoms with Crippen LogP contribution >= 0.6 is 0 Å². The van der Waals surface area contributed by atoms with Gasteiger partial charge in [0, 0.05) is 31.9 Å². The number of allylic oxidation sites excluding steroid dienone is 2. The summed E-state index contributed by atoms with van der Waals surface area (Å²) in [6.45, 7) is 9.64. The third kappa shape index (κ3) is 4.14. The maximum atomic E-state index is 12.3. The van der Waals surface area contributed by atoms with Gasteiger partial charge in [-0.15, -0.1) is 0 Å². The zero-order valence-electron chi connectivity index (χ0n) is 20.5. The van der Waals surface area contributed by atoms with Gasteiger partial charge >= 0.3 is 0 Å². The number of amides is 1. The van der Waals surface area contributed by atoms with Gasteiger partial charge in [-0.25, -0.2) is 24.5 Å². The molecule has 186 valence electrons. The molecule has 1 saturated heterocycles. The SMILES string of the molecule is C=CC(=O)N1CCN(c2ccc3ncnc(NC4=CC=C4Oc4ccn5ncnc5c4)c3n2)CC1(C)C. The van der Waals surface area contributed by atoms with E-state index in [4.69, 9.17) is 9.72 Å². The summed E-state index contributed by atoms with van der Waals surface area (Å²) < 4.78 is 7.72. The van der Waals surface area contributed by atoms with E-state index in [9.17, 15) is 4.79 Å². The van der Waals surface area contributed by atoms with Gasteiger partial charge in [0.25, 0.3) is 0 Å². The van der Waals surface area contributed by atoms with Gasteiger partial charge in [-0.3, -0.25) is 4.79 Å². The Morgan fingerprint density at radius 3 is 2.81 bits per heavy atom. The largest absolute Gasteiger partial charge is 0.455 e. The summed E-state index contributed by atoms with van der Waals surface area (Å²) >= 11 is 0. The van der Waals surface area contributed by atoms with Crippen molar-refractivity contribution in [3.63, 3.8) is 0 Å². The first-order valence-corrected chi connectivity index (χ1v) is 11.9. The van der Waals surface area contributed by atoms with Gasteiger partial charge in [0.2, 0.25) is 5.91 Å². The second kappa shape index (κ2) is 8.70. The molecular weight excluding hydrogens is 470 g/mol. The number of pyridine rings is 2. The fourth-order valence-electron chi connectivity index (χ4n) is 4.61. The molecule has 2 aliphatic rings. The minimum atomic E-state index is -0.363. The zero-order chi connectivity index (χ0) is 25.6. The predicted molar refractivity (Wildman–Crippen MR) is 139 cm³/mol. The summed E-state index contributed by atoms with van der Waals surface area (Å²) in [6.07, 6.45) is 9.97. The van der Waals surface area contributed by atoms with Crippen molar-refractivity contribution in [3.05, 3.63) is 79.4 Å². The molecule has 0 saturated carbocycles. The first-order chi connectivity index (χ1) is 17.9. The number of carbonyl (C=O) groups excluding carboxylic acids is 1. The normalized spacial score (nSPS) is 16.7. The van der Waals surface area contributed by atoms with Crippen LogP contribution in [-0.2, 0) is 4.79 Å². The molecule has 11 heteroatoms. The van der Waals surface area contributed by atoms with Crippen LogP contribution in [0.1, 0.15) is 13.8 Å². The lowest BCUT2D eigenvalue weighted by atomic mass is 9.98. The number of anilines is 2. The molecule has 0 unspecified atom stereocenters. The van der Waals surface area contributed by atoms with Crippen LogP contribution < -0.4 is 15.0 Å². The number of carbonyl (C=O) groups is 1. The molecule has 1 aliphatic heterocycles. The lowest BCUT2D eigenvalue weighted by Crippen LogP contribution is -2.61. The minimum Gasteiger partial charge on any atom is -0.455 e. The van der Waals surface area contributed by atoms with E-state index >= 15 is 0 Å². The van der Waals surface area contributed by atoms with Crippen LogP contribution in [0.5, 0.6) is 5.75 Å². The Balaban J connectivity index is 1.21. The van der Waals surface area contributed by atoms with Crippen molar-refractivity contribution >= 4 is 34.2 Å². The molecular formula is C26H25N9O2. The van der Waals surface area contributed by atoms with Crippen LogP contribution in [0, 0.1) is 0 Å². The summed E-state index contributed by atoms with van der Waals surface area (Å²) in [5, 5.41) is 7.44. The molecule has 6 rings (SSSR count). The molecule has 0 radical (unpaired) electrons. The van der Waals surface area contributed by atoms with Gasteiger partial charge < -0.3 is 19.9 Å². The van der Waals surface area contributed by atoms with Crippen LogP contribution in [0.15, 0.2) is 79.4 Å². The van der Waals surface area contributed by atoms with E-state index < -0.39 is 0 Å². The molecule has 11 nitrogen and oxygen atoms in total. The van der Waals surface area contributed by atoms with Crippen molar-refractivity contribution in [2.75, 3.05) is 29.9 Å². The van der Waals surface area contributed by atoms with E-state index in [1.165, 1.54) is 18.7 Å². The van der Waals surface area contributed by atoms with Gasteiger partial charge in [-0.2, -0.15) is 5.10 Å². The average Bonchev–Trinajstić information content (AvgIpc) is 3.36. The number of rotatable bonds is 6. The van der Waals surface area contributed by atoms with Crippen molar-refractivity contribution in [1.82, 2.24) is 34.4 Å². The maximum absolute atomic E-state index is 12.3. The van der Waals surface area contributed by atoms with Crippen molar-refractivity contribution in [3.8, 4) is 5.75 Å². The number of nitrogens with one attached hydrogen (secondary N) is 1.